The summed E-state index contributed by atoms with van der Waals surface area (Å²) in [6.07, 6.45) is 7.38. The fourth-order valence-corrected chi connectivity index (χ4v) is 4.60. The Balaban J connectivity index is 1.49. The number of hydrogen-bond acceptors (Lipinski definition) is 5. The topological polar surface area (TPSA) is 59.1 Å². The van der Waals surface area contributed by atoms with Crippen molar-refractivity contribution < 1.29 is 17.9 Å². The Morgan fingerprint density at radius 2 is 1.68 bits per heavy atom. The van der Waals surface area contributed by atoms with Crippen LogP contribution in [-0.2, 0) is 12.6 Å². The Hall–Kier alpha value is -3.29. The SMILES string of the molecule is CCCCCCc1ccccc1Nc1nc(Nc2ccc(OC3CCCCC3)cc2)ncc1C(F)(F)F. The van der Waals surface area contributed by atoms with Crippen LogP contribution in [0.3, 0.4) is 0 Å². The molecule has 8 heteroatoms. The molecule has 0 bridgehead atoms. The van der Waals surface area contributed by atoms with Gasteiger partial charge in [0.2, 0.25) is 5.95 Å². The highest BCUT2D eigenvalue weighted by Gasteiger charge is 2.35. The largest absolute Gasteiger partial charge is 0.490 e. The van der Waals surface area contributed by atoms with Gasteiger partial charge in [-0.25, -0.2) is 4.98 Å². The molecule has 0 unspecified atom stereocenters. The molecule has 5 nitrogen and oxygen atoms in total. The lowest BCUT2D eigenvalue weighted by Crippen LogP contribution is -2.19. The molecule has 0 radical (unpaired) electrons. The van der Waals surface area contributed by atoms with Crippen LogP contribution in [0.15, 0.2) is 54.7 Å². The number of nitrogens with zero attached hydrogens (tertiary/aromatic N) is 2. The summed E-state index contributed by atoms with van der Waals surface area (Å²) in [5, 5.41) is 5.96. The number of aromatic nitrogens is 2. The van der Waals surface area contributed by atoms with Crippen molar-refractivity contribution >= 4 is 23.1 Å². The summed E-state index contributed by atoms with van der Waals surface area (Å²) >= 11 is 0. The van der Waals surface area contributed by atoms with Crippen molar-refractivity contribution in [1.82, 2.24) is 9.97 Å². The predicted octanol–water partition coefficient (Wildman–Crippen LogP) is 8.82. The molecule has 198 valence electrons. The second-order valence-corrected chi connectivity index (χ2v) is 9.57. The first-order valence-corrected chi connectivity index (χ1v) is 13.3. The van der Waals surface area contributed by atoms with Gasteiger partial charge >= 0.3 is 6.18 Å². The Kier molecular flexibility index (Phi) is 9.25. The predicted molar refractivity (Wildman–Crippen MR) is 142 cm³/mol. The number of rotatable bonds is 11. The van der Waals surface area contributed by atoms with Crippen molar-refractivity contribution in [2.24, 2.45) is 0 Å². The van der Waals surface area contributed by atoms with Gasteiger partial charge in [0.1, 0.15) is 17.1 Å². The highest BCUT2D eigenvalue weighted by Crippen LogP contribution is 2.36. The third-order valence-electron chi connectivity index (χ3n) is 6.63. The van der Waals surface area contributed by atoms with Gasteiger partial charge in [-0.2, -0.15) is 18.2 Å². The molecule has 1 saturated carbocycles. The number of aryl methyl sites for hydroxylation is 1. The van der Waals surface area contributed by atoms with E-state index < -0.39 is 11.7 Å². The highest BCUT2D eigenvalue weighted by molar-refractivity contribution is 5.65. The first-order valence-electron chi connectivity index (χ1n) is 13.3. The summed E-state index contributed by atoms with van der Waals surface area (Å²) in [7, 11) is 0. The maximum atomic E-state index is 13.8. The number of ether oxygens (including phenoxy) is 1. The van der Waals surface area contributed by atoms with Gasteiger partial charge in [-0.15, -0.1) is 0 Å². The van der Waals surface area contributed by atoms with Gasteiger partial charge in [0.05, 0.1) is 6.10 Å². The van der Waals surface area contributed by atoms with Gasteiger partial charge in [0.25, 0.3) is 0 Å². The molecule has 0 aliphatic heterocycles. The number of para-hydroxylation sites is 1. The van der Waals surface area contributed by atoms with E-state index in [9.17, 15) is 13.2 Å². The van der Waals surface area contributed by atoms with Crippen molar-refractivity contribution in [2.75, 3.05) is 10.6 Å². The Morgan fingerprint density at radius 1 is 0.919 bits per heavy atom. The van der Waals surface area contributed by atoms with Crippen LogP contribution in [0.2, 0.25) is 0 Å². The molecule has 1 heterocycles. The first-order chi connectivity index (χ1) is 17.9. The maximum Gasteiger partial charge on any atom is 0.421 e. The molecule has 0 spiro atoms. The van der Waals surface area contributed by atoms with E-state index in [-0.39, 0.29) is 17.9 Å². The van der Waals surface area contributed by atoms with E-state index in [1.807, 2.05) is 42.5 Å². The van der Waals surface area contributed by atoms with E-state index >= 15 is 0 Å². The van der Waals surface area contributed by atoms with Crippen LogP contribution in [-0.4, -0.2) is 16.1 Å². The fourth-order valence-electron chi connectivity index (χ4n) is 4.60. The molecule has 0 amide bonds. The molecule has 1 aliphatic rings. The van der Waals surface area contributed by atoms with Gasteiger partial charge < -0.3 is 15.4 Å². The highest BCUT2D eigenvalue weighted by atomic mass is 19.4. The zero-order chi connectivity index (χ0) is 26.1. The summed E-state index contributed by atoms with van der Waals surface area (Å²) < 4.78 is 47.4. The Labute approximate surface area is 216 Å². The van der Waals surface area contributed by atoms with E-state index in [0.717, 1.165) is 62.5 Å². The van der Waals surface area contributed by atoms with Gasteiger partial charge in [0, 0.05) is 17.6 Å². The Morgan fingerprint density at radius 3 is 2.41 bits per heavy atom. The third-order valence-corrected chi connectivity index (χ3v) is 6.63. The normalized spacial score (nSPS) is 14.4. The quantitative estimate of drug-likeness (QED) is 0.251. The minimum atomic E-state index is -4.59. The van der Waals surface area contributed by atoms with E-state index in [0.29, 0.717) is 11.4 Å². The minimum Gasteiger partial charge on any atom is -0.490 e. The molecule has 1 fully saturated rings. The number of halogens is 3. The molecular weight excluding hydrogens is 477 g/mol. The van der Waals surface area contributed by atoms with Crippen molar-refractivity contribution in [3.8, 4) is 5.75 Å². The average molecular weight is 513 g/mol. The van der Waals surface area contributed by atoms with Gasteiger partial charge in [0.15, 0.2) is 0 Å². The van der Waals surface area contributed by atoms with E-state index in [2.05, 4.69) is 27.5 Å². The summed E-state index contributed by atoms with van der Waals surface area (Å²) in [5.74, 6) is 0.587. The van der Waals surface area contributed by atoms with Crippen molar-refractivity contribution in [1.29, 1.82) is 0 Å². The molecule has 1 aromatic heterocycles. The molecule has 2 aromatic carbocycles. The van der Waals surface area contributed by atoms with E-state index in [1.54, 1.807) is 6.07 Å². The number of alkyl halides is 3. The van der Waals surface area contributed by atoms with Crippen LogP contribution in [0.4, 0.5) is 36.3 Å². The monoisotopic (exact) mass is 512 g/mol. The number of benzene rings is 2. The van der Waals surface area contributed by atoms with E-state index in [1.165, 1.54) is 19.3 Å². The summed E-state index contributed by atoms with van der Waals surface area (Å²) in [6, 6.07) is 14.8. The third kappa shape index (κ3) is 7.84. The smallest absolute Gasteiger partial charge is 0.421 e. The molecular formula is C29H35F3N4O. The van der Waals surface area contributed by atoms with Crippen molar-refractivity contribution in [2.45, 2.75) is 83.4 Å². The zero-order valence-electron chi connectivity index (χ0n) is 21.3. The molecule has 0 atom stereocenters. The second-order valence-electron chi connectivity index (χ2n) is 9.57. The lowest BCUT2D eigenvalue weighted by Gasteiger charge is -2.23. The summed E-state index contributed by atoms with van der Waals surface area (Å²) in [4.78, 5) is 8.15. The number of unbranched alkanes of at least 4 members (excludes halogenated alkanes) is 3. The first kappa shape index (κ1) is 26.8. The molecule has 4 rings (SSSR count). The van der Waals surface area contributed by atoms with Crippen LogP contribution >= 0.6 is 0 Å². The number of anilines is 4. The molecule has 2 N–H and O–H groups in total. The molecule has 1 aliphatic carbocycles. The average Bonchev–Trinajstić information content (AvgIpc) is 2.89. The van der Waals surface area contributed by atoms with Gasteiger partial charge in [-0.3, -0.25) is 0 Å². The zero-order valence-corrected chi connectivity index (χ0v) is 21.3. The molecule has 37 heavy (non-hydrogen) atoms. The number of hydrogen-bond donors (Lipinski definition) is 2. The Bertz CT molecular complexity index is 1130. The standard InChI is InChI=1S/C29H35F3N4O/c1-2-3-4-6-11-21-12-9-10-15-26(21)35-27-25(29(30,31)32)20-33-28(36-27)34-22-16-18-24(19-17-22)37-23-13-7-5-8-14-23/h9-10,12,15-20,23H,2-8,11,13-14H2,1H3,(H2,33,34,35,36). The number of nitrogens with one attached hydrogen (secondary N) is 2. The van der Waals surface area contributed by atoms with Gasteiger partial charge in [-0.05, 0) is 74.4 Å². The van der Waals surface area contributed by atoms with Gasteiger partial charge in [-0.1, -0.05) is 50.8 Å². The summed E-state index contributed by atoms with van der Waals surface area (Å²) in [5.41, 5.74) is 1.35. The van der Waals surface area contributed by atoms with E-state index in [4.69, 9.17) is 4.74 Å². The van der Waals surface area contributed by atoms with Crippen molar-refractivity contribution in [3.63, 3.8) is 0 Å². The van der Waals surface area contributed by atoms with Crippen LogP contribution in [0.5, 0.6) is 5.75 Å². The minimum absolute atomic E-state index is 0.0804. The molecule has 0 saturated heterocycles. The summed E-state index contributed by atoms with van der Waals surface area (Å²) in [6.45, 7) is 2.15. The second kappa shape index (κ2) is 12.8. The van der Waals surface area contributed by atoms with Crippen molar-refractivity contribution in [3.05, 3.63) is 65.9 Å². The molecule has 3 aromatic rings. The van der Waals surface area contributed by atoms with Crippen LogP contribution in [0.25, 0.3) is 0 Å². The lowest BCUT2D eigenvalue weighted by molar-refractivity contribution is -0.137. The van der Waals surface area contributed by atoms with Crippen LogP contribution in [0, 0.1) is 0 Å². The lowest BCUT2D eigenvalue weighted by atomic mass is 9.98. The van der Waals surface area contributed by atoms with Crippen LogP contribution < -0.4 is 15.4 Å². The van der Waals surface area contributed by atoms with Crippen LogP contribution in [0.1, 0.15) is 75.8 Å². The maximum absolute atomic E-state index is 13.8. The fraction of sp³-hybridized carbons (Fsp3) is 0.448.